The number of aromatic nitrogens is 1. The van der Waals surface area contributed by atoms with Gasteiger partial charge in [-0.15, -0.1) is 35.3 Å². The highest BCUT2D eigenvalue weighted by molar-refractivity contribution is 14.0. The largest absolute Gasteiger partial charge is 0.350 e. The van der Waals surface area contributed by atoms with Gasteiger partial charge in [0.05, 0.1) is 19.6 Å². The number of hydrogen-bond acceptors (Lipinski definition) is 4. The molecular weight excluding hydrogens is 541 g/mol. The molecule has 0 aliphatic heterocycles. The van der Waals surface area contributed by atoms with Crippen LogP contribution in [0.4, 0.5) is 0 Å². The van der Waals surface area contributed by atoms with Crippen LogP contribution in [0.5, 0.6) is 0 Å². The third-order valence-electron chi connectivity index (χ3n) is 3.60. The number of carbonyl (C=O) groups excluding carboxylic acids is 1. The Balaban J connectivity index is 0.00000364. The molecule has 0 radical (unpaired) electrons. The van der Waals surface area contributed by atoms with Crippen LogP contribution in [0.3, 0.4) is 0 Å². The molecule has 148 valence electrons. The minimum atomic E-state index is -0.00865. The summed E-state index contributed by atoms with van der Waals surface area (Å²) >= 11 is 5.11. The van der Waals surface area contributed by atoms with E-state index in [0.717, 1.165) is 21.5 Å². The third-order valence-corrected chi connectivity index (χ3v) is 5.27. The van der Waals surface area contributed by atoms with Gasteiger partial charge in [-0.3, -0.25) is 4.79 Å². The Kier molecular flexibility index (Phi) is 10.9. The molecule has 2 N–H and O–H groups in total. The van der Waals surface area contributed by atoms with E-state index in [-0.39, 0.29) is 36.4 Å². The lowest BCUT2D eigenvalue weighted by Gasteiger charge is -2.14. The molecule has 1 aromatic heterocycles. The molecule has 0 unspecified atom stereocenters. The second kappa shape index (κ2) is 12.3. The molecule has 0 aliphatic carbocycles. The molecule has 1 heterocycles. The molecule has 0 spiro atoms. The topological polar surface area (TPSA) is 69.6 Å². The minimum Gasteiger partial charge on any atom is -0.350 e. The molecule has 0 bridgehead atoms. The standard InChI is InChI=1S/C18H24BrN5OS.HI/c1-4-15-10-20-16(26-15)11-22-18(23-12-17(25)24(2)3)21-9-13-5-7-14(19)8-6-13;/h5-8,10H,4,9,11-12H2,1-3H3,(H2,21,22,23);1H. The maximum Gasteiger partial charge on any atom is 0.241 e. The van der Waals surface area contributed by atoms with E-state index in [0.29, 0.717) is 19.0 Å². The molecule has 27 heavy (non-hydrogen) atoms. The monoisotopic (exact) mass is 565 g/mol. The summed E-state index contributed by atoms with van der Waals surface area (Å²) in [6, 6.07) is 8.01. The molecule has 2 aromatic rings. The fraction of sp³-hybridized carbons (Fsp3) is 0.389. The Morgan fingerprint density at radius 2 is 1.96 bits per heavy atom. The Morgan fingerprint density at radius 3 is 2.56 bits per heavy atom. The van der Waals surface area contributed by atoms with Crippen molar-refractivity contribution < 1.29 is 4.79 Å². The van der Waals surface area contributed by atoms with Crippen molar-refractivity contribution >= 4 is 63.1 Å². The second-order valence-corrected chi connectivity index (χ2v) is 7.98. The summed E-state index contributed by atoms with van der Waals surface area (Å²) in [5, 5.41) is 7.34. The van der Waals surface area contributed by atoms with Gasteiger partial charge in [-0.25, -0.2) is 9.98 Å². The highest BCUT2D eigenvalue weighted by Crippen LogP contribution is 2.13. The number of thiazole rings is 1. The summed E-state index contributed by atoms with van der Waals surface area (Å²) in [5.74, 6) is 0.585. The van der Waals surface area contributed by atoms with Crippen molar-refractivity contribution in [3.63, 3.8) is 0 Å². The van der Waals surface area contributed by atoms with Crippen LogP contribution in [0, 0.1) is 0 Å². The summed E-state index contributed by atoms with van der Waals surface area (Å²) in [6.45, 7) is 3.41. The zero-order valence-electron chi connectivity index (χ0n) is 15.7. The summed E-state index contributed by atoms with van der Waals surface area (Å²) in [7, 11) is 3.47. The maximum absolute atomic E-state index is 11.8. The van der Waals surface area contributed by atoms with E-state index in [9.17, 15) is 4.79 Å². The molecule has 0 fully saturated rings. The number of nitrogens with one attached hydrogen (secondary N) is 2. The first-order valence-electron chi connectivity index (χ1n) is 8.38. The number of carbonyl (C=O) groups is 1. The van der Waals surface area contributed by atoms with Gasteiger partial charge in [0.1, 0.15) is 5.01 Å². The van der Waals surface area contributed by atoms with Crippen LogP contribution in [-0.2, 0) is 24.3 Å². The van der Waals surface area contributed by atoms with Crippen LogP contribution in [0.2, 0.25) is 0 Å². The first-order valence-corrected chi connectivity index (χ1v) is 9.99. The van der Waals surface area contributed by atoms with E-state index in [1.807, 2.05) is 30.5 Å². The number of halogens is 2. The van der Waals surface area contributed by atoms with Gasteiger partial charge in [-0.2, -0.15) is 0 Å². The van der Waals surface area contributed by atoms with Gasteiger partial charge < -0.3 is 15.5 Å². The van der Waals surface area contributed by atoms with E-state index in [2.05, 4.69) is 43.5 Å². The summed E-state index contributed by atoms with van der Waals surface area (Å²) in [4.78, 5) is 23.6. The predicted octanol–water partition coefficient (Wildman–Crippen LogP) is 3.41. The van der Waals surface area contributed by atoms with Crippen molar-refractivity contribution in [2.24, 2.45) is 4.99 Å². The number of likely N-dealkylation sites (N-methyl/N-ethyl adjacent to an activating group) is 1. The number of hydrogen-bond donors (Lipinski definition) is 2. The molecule has 0 saturated carbocycles. The summed E-state index contributed by atoms with van der Waals surface area (Å²) in [6.07, 6.45) is 2.89. The number of nitrogens with zero attached hydrogens (tertiary/aromatic N) is 3. The van der Waals surface area contributed by atoms with E-state index >= 15 is 0 Å². The van der Waals surface area contributed by atoms with Crippen LogP contribution in [0.15, 0.2) is 39.9 Å². The average Bonchev–Trinajstić information content (AvgIpc) is 3.10. The fourth-order valence-corrected chi connectivity index (χ4v) is 3.07. The first kappa shape index (κ1) is 23.8. The van der Waals surface area contributed by atoms with Crippen molar-refractivity contribution in [3.8, 4) is 0 Å². The van der Waals surface area contributed by atoms with Crippen LogP contribution in [0.1, 0.15) is 22.4 Å². The normalized spacial score (nSPS) is 10.9. The van der Waals surface area contributed by atoms with Gasteiger partial charge in [0.25, 0.3) is 0 Å². The Morgan fingerprint density at radius 1 is 1.26 bits per heavy atom. The summed E-state index contributed by atoms with van der Waals surface area (Å²) < 4.78 is 1.04. The molecule has 1 aromatic carbocycles. The van der Waals surface area contributed by atoms with E-state index in [1.165, 1.54) is 4.88 Å². The molecule has 0 saturated heterocycles. The van der Waals surface area contributed by atoms with Gasteiger partial charge in [0.2, 0.25) is 5.91 Å². The van der Waals surface area contributed by atoms with Gasteiger partial charge in [0, 0.05) is 29.6 Å². The van der Waals surface area contributed by atoms with E-state index in [4.69, 9.17) is 0 Å². The lowest BCUT2D eigenvalue weighted by Crippen LogP contribution is -2.42. The quantitative estimate of drug-likeness (QED) is 0.307. The van der Waals surface area contributed by atoms with E-state index < -0.39 is 0 Å². The van der Waals surface area contributed by atoms with Crippen molar-refractivity contribution in [2.75, 3.05) is 20.6 Å². The smallest absolute Gasteiger partial charge is 0.241 e. The molecule has 6 nitrogen and oxygen atoms in total. The molecule has 0 atom stereocenters. The minimum absolute atomic E-state index is 0. The van der Waals surface area contributed by atoms with Crippen molar-refractivity contribution in [1.29, 1.82) is 0 Å². The number of aliphatic imine (C=N–C) groups is 1. The highest BCUT2D eigenvalue weighted by atomic mass is 127. The lowest BCUT2D eigenvalue weighted by molar-refractivity contribution is -0.127. The number of benzene rings is 1. The van der Waals surface area contributed by atoms with Crippen LogP contribution in [-0.4, -0.2) is 42.4 Å². The van der Waals surface area contributed by atoms with Crippen molar-refractivity contribution in [1.82, 2.24) is 20.5 Å². The van der Waals surface area contributed by atoms with E-state index in [1.54, 1.807) is 30.3 Å². The number of guanidine groups is 1. The maximum atomic E-state index is 11.8. The molecule has 1 amide bonds. The Labute approximate surface area is 190 Å². The van der Waals surface area contributed by atoms with Gasteiger partial charge in [0.15, 0.2) is 5.96 Å². The van der Waals surface area contributed by atoms with Gasteiger partial charge >= 0.3 is 0 Å². The number of rotatable bonds is 7. The highest BCUT2D eigenvalue weighted by Gasteiger charge is 2.07. The Hall–Kier alpha value is -1.20. The van der Waals surface area contributed by atoms with Crippen molar-refractivity contribution in [2.45, 2.75) is 26.4 Å². The number of amides is 1. The summed E-state index contributed by atoms with van der Waals surface area (Å²) in [5.41, 5.74) is 1.09. The SMILES string of the molecule is CCc1cnc(CNC(=NCc2ccc(Br)cc2)NCC(=O)N(C)C)s1.I. The van der Waals surface area contributed by atoms with Gasteiger partial charge in [-0.05, 0) is 24.1 Å². The first-order chi connectivity index (χ1) is 12.5. The molecular formula is C18H25BrIN5OS. The second-order valence-electron chi connectivity index (χ2n) is 5.86. The average molecular weight is 566 g/mol. The van der Waals surface area contributed by atoms with Crippen molar-refractivity contribution in [3.05, 3.63) is 50.4 Å². The lowest BCUT2D eigenvalue weighted by atomic mass is 10.2. The molecule has 2 rings (SSSR count). The zero-order valence-corrected chi connectivity index (χ0v) is 20.4. The van der Waals surface area contributed by atoms with Gasteiger partial charge in [-0.1, -0.05) is 35.0 Å². The molecule has 9 heteroatoms. The Bertz CT molecular complexity index is 748. The molecule has 0 aliphatic rings. The van der Waals surface area contributed by atoms with Crippen LogP contribution < -0.4 is 10.6 Å². The predicted molar refractivity (Wildman–Crippen MR) is 126 cm³/mol. The zero-order chi connectivity index (χ0) is 18.9. The third kappa shape index (κ3) is 8.56. The fourth-order valence-electron chi connectivity index (χ4n) is 2.00. The number of aryl methyl sites for hydroxylation is 1. The van der Waals surface area contributed by atoms with Crippen LogP contribution in [0.25, 0.3) is 0 Å². The van der Waals surface area contributed by atoms with Crippen LogP contribution >= 0.6 is 51.2 Å².